The van der Waals surface area contributed by atoms with E-state index in [1.165, 1.54) is 13.2 Å². The van der Waals surface area contributed by atoms with E-state index >= 15 is 0 Å². The largest absolute Gasteiger partial charge is 0.493 e. The fourth-order valence-electron chi connectivity index (χ4n) is 2.77. The highest BCUT2D eigenvalue weighted by molar-refractivity contribution is 5.98. The molecule has 1 atom stereocenters. The highest BCUT2D eigenvalue weighted by Gasteiger charge is 2.64. The summed E-state index contributed by atoms with van der Waals surface area (Å²) in [7, 11) is 2.40. The molecule has 0 aromatic heterocycles. The van der Waals surface area contributed by atoms with Gasteiger partial charge in [-0.15, -0.1) is 0 Å². The van der Waals surface area contributed by atoms with E-state index in [1.54, 1.807) is 0 Å². The third-order valence-electron chi connectivity index (χ3n) is 4.22. The molecule has 1 aromatic rings. The lowest BCUT2D eigenvalue weighted by Crippen LogP contribution is -2.47. The van der Waals surface area contributed by atoms with E-state index in [2.05, 4.69) is 0 Å². The van der Waals surface area contributed by atoms with Crippen LogP contribution < -0.4 is 9.47 Å². The summed E-state index contributed by atoms with van der Waals surface area (Å²) in [6.45, 7) is -1.59. The molecule has 10 heteroatoms. The van der Waals surface area contributed by atoms with Gasteiger partial charge in [-0.2, -0.15) is 13.2 Å². The van der Waals surface area contributed by atoms with Crippen LogP contribution in [0.4, 0.5) is 17.6 Å². The van der Waals surface area contributed by atoms with Crippen LogP contribution in [0.25, 0.3) is 0 Å². The number of ether oxygens (including phenoxy) is 2. The maximum absolute atomic E-state index is 14.1. The van der Waals surface area contributed by atoms with Gasteiger partial charge in [0.05, 0.1) is 14.2 Å². The van der Waals surface area contributed by atoms with Gasteiger partial charge >= 0.3 is 12.1 Å². The topological polar surface area (TPSA) is 76.1 Å². The predicted octanol–water partition coefficient (Wildman–Crippen LogP) is 2.32. The van der Waals surface area contributed by atoms with E-state index in [0.717, 1.165) is 13.2 Å². The molecule has 25 heavy (non-hydrogen) atoms. The monoisotopic (exact) mass is 365 g/mol. The van der Waals surface area contributed by atoms with Crippen molar-refractivity contribution in [2.45, 2.75) is 12.6 Å². The van der Waals surface area contributed by atoms with Crippen LogP contribution in [0.15, 0.2) is 12.1 Å². The van der Waals surface area contributed by atoms with Crippen molar-refractivity contribution in [2.24, 2.45) is 5.41 Å². The van der Waals surface area contributed by atoms with Gasteiger partial charge in [-0.05, 0) is 18.6 Å². The minimum absolute atomic E-state index is 0.0202. The van der Waals surface area contributed by atoms with E-state index in [0.29, 0.717) is 4.90 Å². The van der Waals surface area contributed by atoms with Crippen LogP contribution in [0.2, 0.25) is 0 Å². The highest BCUT2D eigenvalue weighted by Crippen LogP contribution is 2.46. The number of carbonyl (C=O) groups excluding carboxylic acids is 1. The molecule has 138 valence electrons. The zero-order valence-corrected chi connectivity index (χ0v) is 13.3. The first-order valence-electron chi connectivity index (χ1n) is 7.09. The van der Waals surface area contributed by atoms with Gasteiger partial charge in [0.1, 0.15) is 11.4 Å². The highest BCUT2D eigenvalue weighted by atomic mass is 19.4. The van der Waals surface area contributed by atoms with E-state index in [4.69, 9.17) is 14.6 Å². The van der Waals surface area contributed by atoms with Gasteiger partial charge in [0.25, 0.3) is 5.91 Å². The molecule has 2 rings (SSSR count). The van der Waals surface area contributed by atoms with E-state index in [-0.39, 0.29) is 11.5 Å². The lowest BCUT2D eigenvalue weighted by atomic mass is 9.86. The smallest absolute Gasteiger partial charge is 0.406 e. The number of alkyl halides is 3. The Labute approximate surface area is 139 Å². The number of rotatable bonds is 4. The summed E-state index contributed by atoms with van der Waals surface area (Å²) in [5.41, 5.74) is -3.68. The van der Waals surface area contributed by atoms with Crippen LogP contribution in [0.1, 0.15) is 16.8 Å². The van der Waals surface area contributed by atoms with Crippen molar-refractivity contribution in [3.8, 4) is 11.5 Å². The summed E-state index contributed by atoms with van der Waals surface area (Å²) in [6, 6.07) is 2.12. The zero-order valence-electron chi connectivity index (χ0n) is 13.3. The van der Waals surface area contributed by atoms with Crippen LogP contribution in [-0.4, -0.2) is 55.4 Å². The average molecular weight is 365 g/mol. The fourth-order valence-corrected chi connectivity index (χ4v) is 2.77. The molecule has 1 fully saturated rings. The number of nitrogens with zero attached hydrogens (tertiary/aromatic N) is 1. The standard InChI is InChI=1S/C15H15F4NO5/c1-24-9-4-3-8(16)10(11(9)25-2)12(21)20-6-5-14(7-20,13(22)23)15(17,18)19/h3-4H,5-7H2,1-2H3,(H,22,23). The van der Waals surface area contributed by atoms with Gasteiger partial charge in [0.2, 0.25) is 0 Å². The SMILES string of the molecule is COc1ccc(F)c(C(=O)N2CCC(C(=O)O)(C(F)(F)F)C2)c1OC. The third-order valence-corrected chi connectivity index (χ3v) is 4.22. The normalized spacial score (nSPS) is 20.5. The molecule has 0 saturated carbocycles. The number of halogens is 4. The Bertz CT molecular complexity index is 706. The molecular weight excluding hydrogens is 350 g/mol. The van der Waals surface area contributed by atoms with Crippen molar-refractivity contribution >= 4 is 11.9 Å². The number of carbonyl (C=O) groups is 2. The molecule has 0 aliphatic carbocycles. The van der Waals surface area contributed by atoms with Crippen LogP contribution in [0.3, 0.4) is 0 Å². The van der Waals surface area contributed by atoms with Crippen molar-refractivity contribution in [3.63, 3.8) is 0 Å². The van der Waals surface area contributed by atoms with Crippen molar-refractivity contribution in [1.82, 2.24) is 4.90 Å². The van der Waals surface area contributed by atoms with Crippen molar-refractivity contribution in [2.75, 3.05) is 27.3 Å². The minimum Gasteiger partial charge on any atom is -0.493 e. The number of likely N-dealkylation sites (tertiary alicyclic amines) is 1. The molecule has 1 aromatic carbocycles. The summed E-state index contributed by atoms with van der Waals surface area (Å²) in [5, 5.41) is 9.03. The van der Waals surface area contributed by atoms with Gasteiger partial charge in [0, 0.05) is 13.1 Å². The van der Waals surface area contributed by atoms with Gasteiger partial charge in [0.15, 0.2) is 16.9 Å². The summed E-state index contributed by atoms with van der Waals surface area (Å²) in [5.74, 6) is -4.43. The first kappa shape index (κ1) is 18.8. The third kappa shape index (κ3) is 2.96. The summed E-state index contributed by atoms with van der Waals surface area (Å²) in [6.07, 6.45) is -5.86. The minimum atomic E-state index is -5.05. The molecule has 6 nitrogen and oxygen atoms in total. The average Bonchev–Trinajstić information content (AvgIpc) is 3.00. The Morgan fingerprint density at radius 2 is 1.88 bits per heavy atom. The number of methoxy groups -OCH3 is 2. The van der Waals surface area contributed by atoms with Crippen molar-refractivity contribution < 1.29 is 41.7 Å². The van der Waals surface area contributed by atoms with E-state index < -0.39 is 54.4 Å². The van der Waals surface area contributed by atoms with E-state index in [9.17, 15) is 27.2 Å². The van der Waals surface area contributed by atoms with Crippen LogP contribution >= 0.6 is 0 Å². The molecule has 0 radical (unpaired) electrons. The number of hydrogen-bond acceptors (Lipinski definition) is 4. The second kappa shape index (κ2) is 6.41. The number of amides is 1. The molecule has 1 saturated heterocycles. The lowest BCUT2D eigenvalue weighted by Gasteiger charge is -2.27. The van der Waals surface area contributed by atoms with Crippen LogP contribution in [0, 0.1) is 11.2 Å². The van der Waals surface area contributed by atoms with Gasteiger partial charge in [-0.3, -0.25) is 9.59 Å². The Balaban J connectivity index is 2.43. The molecule has 1 amide bonds. The lowest BCUT2D eigenvalue weighted by molar-refractivity contribution is -0.227. The number of carboxylic acids is 1. The fraction of sp³-hybridized carbons (Fsp3) is 0.467. The number of aliphatic carboxylic acids is 1. The maximum Gasteiger partial charge on any atom is 0.406 e. The molecule has 1 aliphatic heterocycles. The van der Waals surface area contributed by atoms with Crippen molar-refractivity contribution in [1.29, 1.82) is 0 Å². The Morgan fingerprint density at radius 3 is 2.32 bits per heavy atom. The molecule has 1 aliphatic rings. The summed E-state index contributed by atoms with van der Waals surface area (Å²) >= 11 is 0. The quantitative estimate of drug-likeness (QED) is 0.829. The molecule has 1 heterocycles. The molecule has 0 bridgehead atoms. The van der Waals surface area contributed by atoms with Crippen LogP contribution in [-0.2, 0) is 4.79 Å². The Hall–Kier alpha value is -2.52. The first-order chi connectivity index (χ1) is 11.6. The zero-order chi connectivity index (χ0) is 19.0. The molecule has 0 spiro atoms. The number of hydrogen-bond donors (Lipinski definition) is 1. The molecular formula is C15H15F4NO5. The van der Waals surface area contributed by atoms with Crippen molar-refractivity contribution in [3.05, 3.63) is 23.5 Å². The summed E-state index contributed by atoms with van der Waals surface area (Å²) in [4.78, 5) is 24.4. The maximum atomic E-state index is 14.1. The number of carboxylic acid groups (broad SMARTS) is 1. The second-order valence-corrected chi connectivity index (χ2v) is 5.52. The Morgan fingerprint density at radius 1 is 1.24 bits per heavy atom. The predicted molar refractivity (Wildman–Crippen MR) is 76.1 cm³/mol. The molecule has 1 unspecified atom stereocenters. The number of benzene rings is 1. The van der Waals surface area contributed by atoms with Gasteiger partial charge < -0.3 is 19.5 Å². The first-order valence-corrected chi connectivity index (χ1v) is 7.09. The van der Waals surface area contributed by atoms with Gasteiger partial charge in [-0.25, -0.2) is 4.39 Å². The van der Waals surface area contributed by atoms with E-state index in [1.807, 2.05) is 0 Å². The Kier molecular flexibility index (Phi) is 4.83. The molecule has 1 N–H and O–H groups in total. The summed E-state index contributed by atoms with van der Waals surface area (Å²) < 4.78 is 63.6. The van der Waals surface area contributed by atoms with Gasteiger partial charge in [-0.1, -0.05) is 0 Å². The second-order valence-electron chi connectivity index (χ2n) is 5.52. The van der Waals surface area contributed by atoms with Crippen LogP contribution in [0.5, 0.6) is 11.5 Å².